The number of aromatic amines is 1. The van der Waals surface area contributed by atoms with Crippen LogP contribution < -0.4 is 19.7 Å². The van der Waals surface area contributed by atoms with E-state index in [-0.39, 0.29) is 34.0 Å². The lowest BCUT2D eigenvalue weighted by Crippen LogP contribution is -2.63. The number of benzene rings is 2. The number of nitro groups is 1. The monoisotopic (exact) mass is 918 g/mol. The number of H-pyrrole nitrogens is 1. The highest BCUT2D eigenvalue weighted by Gasteiger charge is 2.53. The number of fused-ring (bicyclic) bond motifs is 1. The third-order valence-electron chi connectivity index (χ3n) is 15.1. The zero-order chi connectivity index (χ0) is 45.8. The van der Waals surface area contributed by atoms with Gasteiger partial charge in [0.25, 0.3) is 15.9 Å². The molecule has 1 spiro atoms. The summed E-state index contributed by atoms with van der Waals surface area (Å²) >= 11 is 0. The predicted molar refractivity (Wildman–Crippen MR) is 249 cm³/mol. The van der Waals surface area contributed by atoms with Crippen molar-refractivity contribution in [2.24, 2.45) is 11.3 Å². The van der Waals surface area contributed by atoms with E-state index in [2.05, 4.69) is 66.0 Å². The van der Waals surface area contributed by atoms with Gasteiger partial charge >= 0.3 is 5.69 Å². The van der Waals surface area contributed by atoms with Crippen molar-refractivity contribution >= 4 is 44.2 Å². The molecule has 5 fully saturated rings. The van der Waals surface area contributed by atoms with Gasteiger partial charge in [0.15, 0.2) is 0 Å². The number of hydrogen-bond acceptors (Lipinski definition) is 13. The van der Waals surface area contributed by atoms with Crippen LogP contribution in [-0.4, -0.2) is 95.2 Å². The zero-order valence-corrected chi connectivity index (χ0v) is 38.3. The van der Waals surface area contributed by atoms with Crippen molar-refractivity contribution in [1.29, 1.82) is 0 Å². The first-order valence-corrected chi connectivity index (χ1v) is 24.8. The third kappa shape index (κ3) is 8.85. The summed E-state index contributed by atoms with van der Waals surface area (Å²) in [6, 6.07) is 19.1. The predicted octanol–water partition coefficient (Wildman–Crippen LogP) is 8.00. The number of sulfonamides is 1. The quantitative estimate of drug-likeness (QED) is 0.0654. The van der Waals surface area contributed by atoms with E-state index in [0.717, 1.165) is 88.1 Å². The number of rotatable bonds is 13. The largest absolute Gasteiger partial charge is 0.455 e. The number of aliphatic hydroxyl groups is 1. The van der Waals surface area contributed by atoms with E-state index in [9.17, 15) is 28.4 Å². The smallest absolute Gasteiger partial charge is 0.312 e. The summed E-state index contributed by atoms with van der Waals surface area (Å²) in [6.45, 7) is 8.55. The molecule has 2 saturated heterocycles. The van der Waals surface area contributed by atoms with E-state index in [0.29, 0.717) is 49.3 Å². The van der Waals surface area contributed by atoms with Crippen LogP contribution in [0.25, 0.3) is 11.0 Å². The Labute approximate surface area is 384 Å². The number of carbonyl (C=O) groups excluding carboxylic acids is 1. The number of pyridine rings is 2. The Hall–Kier alpha value is -5.62. The fraction of sp³-hybridized carbons (Fsp3) is 0.490. The maximum absolute atomic E-state index is 14.0. The molecular formula is C49H58N8O8S. The molecule has 5 heterocycles. The summed E-state index contributed by atoms with van der Waals surface area (Å²) in [7, 11) is -4.63. The van der Waals surface area contributed by atoms with Crippen LogP contribution in [0.1, 0.15) is 105 Å². The van der Waals surface area contributed by atoms with Crippen molar-refractivity contribution in [3.05, 3.63) is 106 Å². The molecule has 17 heteroatoms. The molecule has 3 aromatic heterocycles. The van der Waals surface area contributed by atoms with Gasteiger partial charge < -0.3 is 29.8 Å². The highest BCUT2D eigenvalue weighted by molar-refractivity contribution is 7.90. The minimum atomic E-state index is -4.63. The molecule has 2 aliphatic heterocycles. The Morgan fingerprint density at radius 2 is 1.76 bits per heavy atom. The molecule has 5 aliphatic rings. The van der Waals surface area contributed by atoms with Gasteiger partial charge in [-0.05, 0) is 131 Å². The average molecular weight is 919 g/mol. The van der Waals surface area contributed by atoms with Crippen LogP contribution in [0.2, 0.25) is 0 Å². The minimum Gasteiger partial charge on any atom is -0.455 e. The molecular weight excluding hydrogens is 861 g/mol. The number of nitrogens with zero attached hydrogens (tertiary/aromatic N) is 5. The number of nitrogens with one attached hydrogen (secondary N) is 3. The van der Waals surface area contributed by atoms with Crippen LogP contribution >= 0.6 is 0 Å². The molecule has 10 rings (SSSR count). The Bertz CT molecular complexity index is 2750. The van der Waals surface area contributed by atoms with Crippen molar-refractivity contribution in [2.45, 2.75) is 106 Å². The lowest BCUT2D eigenvalue weighted by atomic mass is 9.59. The van der Waals surface area contributed by atoms with E-state index < -0.39 is 37.0 Å². The molecule has 3 aliphatic carbocycles. The Balaban J connectivity index is 0.840. The number of ether oxygens (including phenoxy) is 2. The molecule has 66 heavy (non-hydrogen) atoms. The Morgan fingerprint density at radius 3 is 2.52 bits per heavy atom. The molecule has 4 N–H and O–H groups in total. The van der Waals surface area contributed by atoms with Crippen LogP contribution in [0.3, 0.4) is 0 Å². The summed E-state index contributed by atoms with van der Waals surface area (Å²) in [5, 5.41) is 26.2. The highest BCUT2D eigenvalue weighted by Crippen LogP contribution is 2.55. The van der Waals surface area contributed by atoms with Gasteiger partial charge in [0.2, 0.25) is 5.82 Å². The van der Waals surface area contributed by atoms with Crippen molar-refractivity contribution in [3.8, 4) is 11.5 Å². The lowest BCUT2D eigenvalue weighted by molar-refractivity contribution is -0.384. The zero-order valence-electron chi connectivity index (χ0n) is 37.5. The molecule has 1 atom stereocenters. The highest BCUT2D eigenvalue weighted by atomic mass is 32.2. The fourth-order valence-electron chi connectivity index (χ4n) is 11.0. The van der Waals surface area contributed by atoms with Gasteiger partial charge in [-0.2, -0.15) is 0 Å². The van der Waals surface area contributed by atoms with E-state index >= 15 is 0 Å². The van der Waals surface area contributed by atoms with Crippen molar-refractivity contribution in [1.82, 2.24) is 24.6 Å². The molecule has 0 radical (unpaired) electrons. The van der Waals surface area contributed by atoms with Gasteiger partial charge in [0.05, 0.1) is 47.2 Å². The van der Waals surface area contributed by atoms with Gasteiger partial charge in [-0.15, -0.1) is 0 Å². The van der Waals surface area contributed by atoms with Crippen LogP contribution in [-0.2, 0) is 20.3 Å². The minimum absolute atomic E-state index is 0.0455. The number of hydrogen-bond donors (Lipinski definition) is 4. The Kier molecular flexibility index (Phi) is 11.5. The first-order chi connectivity index (χ1) is 31.7. The third-order valence-corrected chi connectivity index (χ3v) is 16.4. The number of piperidine rings is 1. The molecule has 0 bridgehead atoms. The van der Waals surface area contributed by atoms with E-state index in [4.69, 9.17) is 9.47 Å². The molecule has 5 aromatic rings. The van der Waals surface area contributed by atoms with Crippen LogP contribution in [0, 0.1) is 21.4 Å². The molecule has 3 saturated carbocycles. The summed E-state index contributed by atoms with van der Waals surface area (Å²) in [4.78, 5) is 41.5. The molecule has 0 unspecified atom stereocenters. The van der Waals surface area contributed by atoms with Crippen molar-refractivity contribution in [3.63, 3.8) is 0 Å². The van der Waals surface area contributed by atoms with Gasteiger partial charge in [0.1, 0.15) is 22.0 Å². The second-order valence-electron chi connectivity index (χ2n) is 19.9. The molecule has 1 amide bonds. The number of morpholine rings is 1. The maximum atomic E-state index is 14.0. The van der Waals surface area contributed by atoms with Crippen LogP contribution in [0.5, 0.6) is 11.5 Å². The average Bonchev–Trinajstić information content (AvgIpc) is 4.04. The van der Waals surface area contributed by atoms with E-state index in [1.54, 1.807) is 37.4 Å². The van der Waals surface area contributed by atoms with E-state index in [1.165, 1.54) is 30.2 Å². The SMILES string of the molecule is C[C@]1(c2ccccc2C2CC2)COCCN1C1CC2(CCN(c3ccc(C(=O)NS(=O)(=O)c4cnc(NC[C@H]5CC[C@](C)(O)CC5)c([N+](=O)[O-])c4)c(Oc4cnc5[nH]ccc5c4)c3)CC2)C1. The Morgan fingerprint density at radius 1 is 0.985 bits per heavy atom. The molecule has 16 nitrogen and oxygen atoms in total. The second kappa shape index (κ2) is 17.2. The summed E-state index contributed by atoms with van der Waals surface area (Å²) in [6.07, 6.45) is 13.8. The van der Waals surface area contributed by atoms with E-state index in [1.807, 2.05) is 6.07 Å². The normalized spacial score (nSPS) is 24.8. The fourth-order valence-corrected chi connectivity index (χ4v) is 12.0. The standard InChI is InChI=1S/C49H58N8O8S/c1-47(59)14-11-32(12-15-47)28-51-45-42(57(60)61)25-38(30-53-45)66(62,63)54-46(58)40-10-9-35(24-43(40)65-37-23-34-13-18-50-44(34)52-29-37)55-19-16-49(17-20-55)26-36(27-49)56-21-22-64-31-48(56,2)41-6-4-3-5-39(41)33-7-8-33/h3-6,9-10,13,18,23-25,29-30,32-33,36,59H,7-8,11-12,14-17,19-22,26-28,31H2,1-2H3,(H,50,52)(H,51,53)(H,54,58)/t32-,47-,48-/m1/s1. The van der Waals surface area contributed by atoms with Gasteiger partial charge in [-0.1, -0.05) is 24.3 Å². The first kappa shape index (κ1) is 44.2. The number of aromatic nitrogens is 3. The van der Waals surface area contributed by atoms with Crippen molar-refractivity contribution in [2.75, 3.05) is 49.6 Å². The van der Waals surface area contributed by atoms with Gasteiger partial charge in [-0.3, -0.25) is 19.8 Å². The lowest BCUT2D eigenvalue weighted by Gasteiger charge is -2.60. The first-order valence-electron chi connectivity index (χ1n) is 23.3. The summed E-state index contributed by atoms with van der Waals surface area (Å²) < 4.78 is 42.1. The van der Waals surface area contributed by atoms with Crippen molar-refractivity contribution < 1.29 is 32.7 Å². The van der Waals surface area contributed by atoms with Gasteiger partial charge in [0, 0.05) is 61.6 Å². The molecule has 2 aromatic carbocycles. The van der Waals surface area contributed by atoms with Crippen LogP contribution in [0.15, 0.2) is 84.1 Å². The summed E-state index contributed by atoms with van der Waals surface area (Å²) in [5.41, 5.74) is 3.19. The molecule has 348 valence electrons. The van der Waals surface area contributed by atoms with Gasteiger partial charge in [-0.25, -0.2) is 23.1 Å². The number of anilines is 2. The number of carbonyl (C=O) groups is 1. The second-order valence-corrected chi connectivity index (χ2v) is 21.5. The number of amides is 1. The van der Waals surface area contributed by atoms with Crippen LogP contribution in [0.4, 0.5) is 17.2 Å². The topological polar surface area (TPSA) is 205 Å². The summed E-state index contributed by atoms with van der Waals surface area (Å²) in [5.74, 6) is 0.260. The maximum Gasteiger partial charge on any atom is 0.312 e.